The minimum atomic E-state index is -0.449. The summed E-state index contributed by atoms with van der Waals surface area (Å²) in [5, 5.41) is 6.11. The molecule has 5 nitrogen and oxygen atoms in total. The highest BCUT2D eigenvalue weighted by Gasteiger charge is 2.32. The SMILES string of the molecule is CC(C)(CSCC(=O)Nc1ccccc1)C(=O)N1CCNCC1. The standard InChI is InChI=1S/C17H25N3O2S/c1-17(2,16(22)20-10-8-18-9-11-20)13-23-12-15(21)19-14-6-4-3-5-7-14/h3-7,18H,8-13H2,1-2H3,(H,19,21). The average molecular weight is 335 g/mol. The van der Waals surface area contributed by atoms with Gasteiger partial charge in [0.2, 0.25) is 11.8 Å². The van der Waals surface area contributed by atoms with Gasteiger partial charge in [0.25, 0.3) is 0 Å². The molecule has 0 aliphatic carbocycles. The molecule has 1 saturated heterocycles. The lowest BCUT2D eigenvalue weighted by molar-refractivity contribution is -0.139. The number of benzene rings is 1. The van der Waals surface area contributed by atoms with E-state index in [0.29, 0.717) is 11.5 Å². The minimum Gasteiger partial charge on any atom is -0.340 e. The Morgan fingerprint density at radius 1 is 1.22 bits per heavy atom. The second-order valence-electron chi connectivity index (χ2n) is 6.33. The van der Waals surface area contributed by atoms with E-state index < -0.39 is 5.41 Å². The first-order chi connectivity index (χ1) is 11.0. The van der Waals surface area contributed by atoms with E-state index >= 15 is 0 Å². The van der Waals surface area contributed by atoms with Gasteiger partial charge in [-0.3, -0.25) is 9.59 Å². The third-order valence-electron chi connectivity index (χ3n) is 3.74. The number of nitrogens with zero attached hydrogens (tertiary/aromatic N) is 1. The minimum absolute atomic E-state index is 0.0355. The maximum atomic E-state index is 12.6. The molecule has 2 rings (SSSR count). The van der Waals surface area contributed by atoms with Gasteiger partial charge >= 0.3 is 0 Å². The summed E-state index contributed by atoms with van der Waals surface area (Å²) in [6.07, 6.45) is 0. The van der Waals surface area contributed by atoms with E-state index in [1.807, 2.05) is 49.1 Å². The van der Waals surface area contributed by atoms with Crippen molar-refractivity contribution < 1.29 is 9.59 Å². The van der Waals surface area contributed by atoms with Crippen LogP contribution in [0.1, 0.15) is 13.8 Å². The van der Waals surface area contributed by atoms with Crippen molar-refractivity contribution in [3.05, 3.63) is 30.3 Å². The molecular weight excluding hydrogens is 310 g/mol. The summed E-state index contributed by atoms with van der Waals surface area (Å²) in [5.41, 5.74) is 0.351. The highest BCUT2D eigenvalue weighted by molar-refractivity contribution is 8.00. The number of thioether (sulfide) groups is 1. The molecular formula is C17H25N3O2S. The van der Waals surface area contributed by atoms with Crippen LogP contribution in [0.25, 0.3) is 0 Å². The molecule has 1 aliphatic rings. The molecule has 0 radical (unpaired) electrons. The van der Waals surface area contributed by atoms with Crippen LogP contribution in [0.2, 0.25) is 0 Å². The molecule has 1 heterocycles. The fraction of sp³-hybridized carbons (Fsp3) is 0.529. The summed E-state index contributed by atoms with van der Waals surface area (Å²) in [6.45, 7) is 7.16. The number of hydrogen-bond acceptors (Lipinski definition) is 4. The Bertz CT molecular complexity index is 528. The van der Waals surface area contributed by atoms with Gasteiger partial charge in [0.15, 0.2) is 0 Å². The number of carbonyl (C=O) groups excluding carboxylic acids is 2. The molecule has 0 spiro atoms. The number of para-hydroxylation sites is 1. The lowest BCUT2D eigenvalue weighted by atomic mass is 9.94. The Kier molecular flexibility index (Phi) is 6.47. The van der Waals surface area contributed by atoms with Gasteiger partial charge in [-0.2, -0.15) is 11.8 Å². The van der Waals surface area contributed by atoms with Crippen molar-refractivity contribution in [2.75, 3.05) is 43.0 Å². The third-order valence-corrected chi connectivity index (χ3v) is 5.13. The van der Waals surface area contributed by atoms with E-state index in [2.05, 4.69) is 10.6 Å². The van der Waals surface area contributed by atoms with Gasteiger partial charge in [-0.15, -0.1) is 0 Å². The predicted molar refractivity (Wildman–Crippen MR) is 95.6 cm³/mol. The Morgan fingerprint density at radius 2 is 1.87 bits per heavy atom. The molecule has 0 saturated carbocycles. The summed E-state index contributed by atoms with van der Waals surface area (Å²) >= 11 is 1.50. The zero-order chi connectivity index (χ0) is 16.7. The highest BCUT2D eigenvalue weighted by atomic mass is 32.2. The Balaban J connectivity index is 1.75. The van der Waals surface area contributed by atoms with Crippen LogP contribution in [-0.4, -0.2) is 54.4 Å². The number of anilines is 1. The molecule has 1 aliphatic heterocycles. The van der Waals surface area contributed by atoms with Crippen molar-refractivity contribution in [2.24, 2.45) is 5.41 Å². The summed E-state index contributed by atoms with van der Waals surface area (Å²) in [5.74, 6) is 1.13. The van der Waals surface area contributed by atoms with Crippen LogP contribution in [0, 0.1) is 5.41 Å². The van der Waals surface area contributed by atoms with Gasteiger partial charge in [-0.1, -0.05) is 32.0 Å². The van der Waals surface area contributed by atoms with Gasteiger partial charge in [-0.05, 0) is 12.1 Å². The van der Waals surface area contributed by atoms with Gasteiger partial charge in [-0.25, -0.2) is 0 Å². The summed E-state index contributed by atoms with van der Waals surface area (Å²) in [7, 11) is 0. The van der Waals surface area contributed by atoms with Crippen molar-refractivity contribution in [2.45, 2.75) is 13.8 Å². The first kappa shape index (κ1) is 17.8. The van der Waals surface area contributed by atoms with Crippen LogP contribution in [0.4, 0.5) is 5.69 Å². The first-order valence-electron chi connectivity index (χ1n) is 7.92. The molecule has 0 unspecified atom stereocenters. The molecule has 2 N–H and O–H groups in total. The number of carbonyl (C=O) groups is 2. The van der Waals surface area contributed by atoms with Crippen LogP contribution >= 0.6 is 11.8 Å². The maximum Gasteiger partial charge on any atom is 0.234 e. The number of amides is 2. The first-order valence-corrected chi connectivity index (χ1v) is 9.07. The second-order valence-corrected chi connectivity index (χ2v) is 7.32. The lowest BCUT2D eigenvalue weighted by Gasteiger charge is -2.34. The molecule has 2 amide bonds. The smallest absolute Gasteiger partial charge is 0.234 e. The topological polar surface area (TPSA) is 61.4 Å². The number of rotatable bonds is 6. The molecule has 6 heteroatoms. The predicted octanol–water partition coefficient (Wildman–Crippen LogP) is 1.82. The fourth-order valence-corrected chi connectivity index (χ4v) is 3.47. The highest BCUT2D eigenvalue weighted by Crippen LogP contribution is 2.25. The largest absolute Gasteiger partial charge is 0.340 e. The molecule has 126 valence electrons. The van der Waals surface area contributed by atoms with Gasteiger partial charge in [0, 0.05) is 37.6 Å². The summed E-state index contributed by atoms with van der Waals surface area (Å²) in [6, 6.07) is 9.41. The molecule has 0 aromatic heterocycles. The Morgan fingerprint density at radius 3 is 2.52 bits per heavy atom. The van der Waals surface area contributed by atoms with E-state index in [1.54, 1.807) is 0 Å². The molecule has 0 atom stereocenters. The average Bonchev–Trinajstić information content (AvgIpc) is 2.55. The molecule has 1 aromatic carbocycles. The van der Waals surface area contributed by atoms with E-state index in [1.165, 1.54) is 11.8 Å². The van der Waals surface area contributed by atoms with Crippen molar-refractivity contribution in [1.29, 1.82) is 0 Å². The zero-order valence-electron chi connectivity index (χ0n) is 13.8. The molecule has 23 heavy (non-hydrogen) atoms. The quantitative estimate of drug-likeness (QED) is 0.832. The zero-order valence-corrected chi connectivity index (χ0v) is 14.6. The fourth-order valence-electron chi connectivity index (χ4n) is 2.48. The van der Waals surface area contributed by atoms with Crippen LogP contribution in [0.3, 0.4) is 0 Å². The van der Waals surface area contributed by atoms with Crippen molar-refractivity contribution in [3.63, 3.8) is 0 Å². The van der Waals surface area contributed by atoms with E-state index in [9.17, 15) is 9.59 Å². The molecule has 1 aromatic rings. The van der Waals surface area contributed by atoms with E-state index in [0.717, 1.165) is 31.9 Å². The van der Waals surface area contributed by atoms with Crippen LogP contribution in [0.15, 0.2) is 30.3 Å². The van der Waals surface area contributed by atoms with Crippen LogP contribution in [-0.2, 0) is 9.59 Å². The maximum absolute atomic E-state index is 12.6. The van der Waals surface area contributed by atoms with Gasteiger partial charge < -0.3 is 15.5 Å². The Labute approximate surface area is 142 Å². The van der Waals surface area contributed by atoms with Crippen molar-refractivity contribution >= 4 is 29.3 Å². The van der Waals surface area contributed by atoms with E-state index in [-0.39, 0.29) is 11.8 Å². The molecule has 0 bridgehead atoms. The lowest BCUT2D eigenvalue weighted by Crippen LogP contribution is -2.51. The second kappa shape index (κ2) is 8.36. The number of piperazine rings is 1. The van der Waals surface area contributed by atoms with Gasteiger partial charge in [0.05, 0.1) is 11.2 Å². The normalized spacial score (nSPS) is 15.3. The summed E-state index contributed by atoms with van der Waals surface area (Å²) < 4.78 is 0. The van der Waals surface area contributed by atoms with Crippen LogP contribution in [0.5, 0.6) is 0 Å². The monoisotopic (exact) mass is 335 g/mol. The number of hydrogen-bond donors (Lipinski definition) is 2. The van der Waals surface area contributed by atoms with Crippen LogP contribution < -0.4 is 10.6 Å². The number of nitrogens with one attached hydrogen (secondary N) is 2. The van der Waals surface area contributed by atoms with Crippen molar-refractivity contribution in [3.8, 4) is 0 Å². The third kappa shape index (κ3) is 5.55. The summed E-state index contributed by atoms with van der Waals surface area (Å²) in [4.78, 5) is 26.4. The molecule has 1 fully saturated rings. The van der Waals surface area contributed by atoms with Crippen molar-refractivity contribution in [1.82, 2.24) is 10.2 Å². The van der Waals surface area contributed by atoms with Gasteiger partial charge in [0.1, 0.15) is 0 Å². The Hall–Kier alpha value is -1.53. The van der Waals surface area contributed by atoms with E-state index in [4.69, 9.17) is 0 Å².